The Hall–Kier alpha value is -0.210. The highest BCUT2D eigenvalue weighted by atomic mass is 127. The standard InChI is InChI=1S/C15H28F3N3.HI/c1-3-19-14(20-11-5-4-10-15(16,17)18)21-13-8-6-12(2)7-9-13;/h12-13H,3-11H2,1-2H3,(H2,19,20,21);1H. The van der Waals surface area contributed by atoms with Crippen LogP contribution in [0.3, 0.4) is 0 Å². The molecular formula is C15H29F3IN3. The van der Waals surface area contributed by atoms with Gasteiger partial charge in [-0.1, -0.05) is 6.92 Å². The summed E-state index contributed by atoms with van der Waals surface area (Å²) in [6, 6.07) is 0.439. The lowest BCUT2D eigenvalue weighted by Gasteiger charge is -2.28. The third kappa shape index (κ3) is 10.5. The number of unbranched alkanes of at least 4 members (excludes halogenated alkanes) is 1. The molecule has 1 aliphatic rings. The number of rotatable bonds is 6. The monoisotopic (exact) mass is 435 g/mol. The van der Waals surface area contributed by atoms with Gasteiger partial charge < -0.3 is 10.6 Å². The molecule has 132 valence electrons. The number of alkyl halides is 3. The third-order valence-electron chi connectivity index (χ3n) is 3.84. The number of halogens is 4. The van der Waals surface area contributed by atoms with Crippen LogP contribution in [0.4, 0.5) is 13.2 Å². The minimum Gasteiger partial charge on any atom is -0.357 e. The summed E-state index contributed by atoms with van der Waals surface area (Å²) in [5, 5.41) is 6.57. The lowest BCUT2D eigenvalue weighted by Crippen LogP contribution is -2.44. The topological polar surface area (TPSA) is 36.4 Å². The first-order valence-electron chi connectivity index (χ1n) is 8.02. The normalized spacial score (nSPS) is 22.9. The van der Waals surface area contributed by atoms with Crippen molar-refractivity contribution in [2.75, 3.05) is 13.1 Å². The Kier molecular flexibility index (Phi) is 11.2. The van der Waals surface area contributed by atoms with Crippen molar-refractivity contribution in [1.82, 2.24) is 10.6 Å². The lowest BCUT2D eigenvalue weighted by molar-refractivity contribution is -0.135. The van der Waals surface area contributed by atoms with E-state index in [4.69, 9.17) is 0 Å². The maximum absolute atomic E-state index is 12.0. The molecule has 2 N–H and O–H groups in total. The van der Waals surface area contributed by atoms with Gasteiger partial charge in [-0.25, -0.2) is 0 Å². The van der Waals surface area contributed by atoms with Crippen LogP contribution in [0.25, 0.3) is 0 Å². The van der Waals surface area contributed by atoms with Gasteiger partial charge in [0.1, 0.15) is 0 Å². The summed E-state index contributed by atoms with van der Waals surface area (Å²) in [7, 11) is 0. The number of nitrogens with one attached hydrogen (secondary N) is 2. The van der Waals surface area contributed by atoms with E-state index in [0.717, 1.165) is 31.3 Å². The largest absolute Gasteiger partial charge is 0.389 e. The molecule has 22 heavy (non-hydrogen) atoms. The zero-order chi connectivity index (χ0) is 15.7. The number of hydrogen-bond acceptors (Lipinski definition) is 1. The van der Waals surface area contributed by atoms with Crippen LogP contribution in [0, 0.1) is 5.92 Å². The van der Waals surface area contributed by atoms with Crippen molar-refractivity contribution in [2.45, 2.75) is 71.0 Å². The molecule has 0 saturated heterocycles. The Morgan fingerprint density at radius 3 is 2.32 bits per heavy atom. The van der Waals surface area contributed by atoms with E-state index in [-0.39, 0.29) is 30.4 Å². The summed E-state index contributed by atoms with van der Waals surface area (Å²) in [6.45, 7) is 5.46. The van der Waals surface area contributed by atoms with Gasteiger partial charge in [-0.05, 0) is 51.4 Å². The maximum atomic E-state index is 12.0. The molecule has 0 aliphatic heterocycles. The second-order valence-corrected chi connectivity index (χ2v) is 5.93. The molecule has 0 atom stereocenters. The van der Waals surface area contributed by atoms with Crippen molar-refractivity contribution in [3.63, 3.8) is 0 Å². The highest BCUT2D eigenvalue weighted by Gasteiger charge is 2.25. The third-order valence-corrected chi connectivity index (χ3v) is 3.84. The predicted octanol–water partition coefficient (Wildman–Crippen LogP) is 4.47. The molecule has 0 bridgehead atoms. The molecule has 1 fully saturated rings. The van der Waals surface area contributed by atoms with Gasteiger partial charge >= 0.3 is 6.18 Å². The average Bonchev–Trinajstić information content (AvgIpc) is 2.40. The molecule has 0 heterocycles. The van der Waals surface area contributed by atoms with Crippen molar-refractivity contribution in [3.05, 3.63) is 0 Å². The minimum atomic E-state index is -4.05. The fraction of sp³-hybridized carbons (Fsp3) is 0.933. The van der Waals surface area contributed by atoms with Crippen molar-refractivity contribution >= 4 is 29.9 Å². The van der Waals surface area contributed by atoms with E-state index in [1.807, 2.05) is 6.92 Å². The molecule has 0 aromatic heterocycles. The highest BCUT2D eigenvalue weighted by molar-refractivity contribution is 14.0. The average molecular weight is 435 g/mol. The van der Waals surface area contributed by atoms with Crippen molar-refractivity contribution in [2.24, 2.45) is 10.9 Å². The van der Waals surface area contributed by atoms with Crippen molar-refractivity contribution in [3.8, 4) is 0 Å². The van der Waals surface area contributed by atoms with Crippen LogP contribution in [-0.4, -0.2) is 31.3 Å². The zero-order valence-electron chi connectivity index (χ0n) is 13.5. The number of guanidine groups is 1. The van der Waals surface area contributed by atoms with Crippen molar-refractivity contribution < 1.29 is 13.2 Å². The Labute approximate surface area is 148 Å². The first-order chi connectivity index (χ1) is 9.90. The first kappa shape index (κ1) is 21.8. The summed E-state index contributed by atoms with van der Waals surface area (Å²) in [5.74, 6) is 1.54. The van der Waals surface area contributed by atoms with E-state index in [1.54, 1.807) is 0 Å². The molecule has 0 aromatic rings. The van der Waals surface area contributed by atoms with Gasteiger partial charge in [-0.2, -0.15) is 13.2 Å². The van der Waals surface area contributed by atoms with Crippen LogP contribution in [0.2, 0.25) is 0 Å². The first-order valence-corrected chi connectivity index (χ1v) is 8.02. The van der Waals surface area contributed by atoms with Crippen LogP contribution in [0.15, 0.2) is 4.99 Å². The summed E-state index contributed by atoms with van der Waals surface area (Å²) < 4.78 is 36.1. The quantitative estimate of drug-likeness (QED) is 0.280. The van der Waals surface area contributed by atoms with Gasteiger partial charge in [0.15, 0.2) is 5.96 Å². The van der Waals surface area contributed by atoms with Gasteiger partial charge in [-0.15, -0.1) is 24.0 Å². The van der Waals surface area contributed by atoms with Crippen LogP contribution in [-0.2, 0) is 0 Å². The van der Waals surface area contributed by atoms with Crippen LogP contribution < -0.4 is 10.6 Å². The fourth-order valence-electron chi connectivity index (χ4n) is 2.55. The zero-order valence-corrected chi connectivity index (χ0v) is 15.8. The SMILES string of the molecule is CCNC(=NCCCCC(F)(F)F)NC1CCC(C)CC1.I. The smallest absolute Gasteiger partial charge is 0.357 e. The van der Waals surface area contributed by atoms with Crippen molar-refractivity contribution in [1.29, 1.82) is 0 Å². The van der Waals surface area contributed by atoms with Crippen LogP contribution in [0.5, 0.6) is 0 Å². The number of aliphatic imine (C=N–C) groups is 1. The van der Waals surface area contributed by atoms with Crippen LogP contribution in [0.1, 0.15) is 58.8 Å². The molecule has 1 saturated carbocycles. The summed E-state index contributed by atoms with van der Waals surface area (Å²) in [4.78, 5) is 4.37. The Bertz CT molecular complexity index is 314. The fourth-order valence-corrected chi connectivity index (χ4v) is 2.55. The van der Waals surface area contributed by atoms with E-state index in [0.29, 0.717) is 19.0 Å². The molecule has 1 aliphatic carbocycles. The van der Waals surface area contributed by atoms with Crippen LogP contribution >= 0.6 is 24.0 Å². The summed E-state index contributed by atoms with van der Waals surface area (Å²) in [5.41, 5.74) is 0. The van der Waals surface area contributed by atoms with E-state index >= 15 is 0 Å². The molecule has 0 unspecified atom stereocenters. The molecule has 7 heteroatoms. The minimum absolute atomic E-state index is 0. The molecule has 0 radical (unpaired) electrons. The molecular weight excluding hydrogens is 406 g/mol. The Balaban J connectivity index is 0.00000441. The summed E-state index contributed by atoms with van der Waals surface area (Å²) in [6.07, 6.45) is 0.577. The Morgan fingerprint density at radius 1 is 1.14 bits per heavy atom. The van der Waals surface area contributed by atoms with E-state index < -0.39 is 12.6 Å². The van der Waals surface area contributed by atoms with E-state index in [9.17, 15) is 13.2 Å². The second-order valence-electron chi connectivity index (χ2n) is 5.93. The molecule has 0 amide bonds. The second kappa shape index (κ2) is 11.3. The molecule has 3 nitrogen and oxygen atoms in total. The highest BCUT2D eigenvalue weighted by Crippen LogP contribution is 2.23. The number of nitrogens with zero attached hydrogens (tertiary/aromatic N) is 1. The molecule has 0 spiro atoms. The van der Waals surface area contributed by atoms with Gasteiger partial charge in [-0.3, -0.25) is 4.99 Å². The molecule has 1 rings (SSSR count). The summed E-state index contributed by atoms with van der Waals surface area (Å²) >= 11 is 0. The lowest BCUT2D eigenvalue weighted by atomic mass is 9.87. The van der Waals surface area contributed by atoms with Gasteiger partial charge in [0, 0.05) is 25.6 Å². The maximum Gasteiger partial charge on any atom is 0.389 e. The Morgan fingerprint density at radius 2 is 1.77 bits per heavy atom. The van der Waals surface area contributed by atoms with E-state index in [2.05, 4.69) is 22.5 Å². The number of hydrogen-bond donors (Lipinski definition) is 2. The molecule has 0 aromatic carbocycles. The van der Waals surface area contributed by atoms with Gasteiger partial charge in [0.2, 0.25) is 0 Å². The van der Waals surface area contributed by atoms with Gasteiger partial charge in [0.25, 0.3) is 0 Å². The predicted molar refractivity (Wildman–Crippen MR) is 95.9 cm³/mol. The van der Waals surface area contributed by atoms with Gasteiger partial charge in [0.05, 0.1) is 0 Å². The van der Waals surface area contributed by atoms with E-state index in [1.165, 1.54) is 12.8 Å².